The summed E-state index contributed by atoms with van der Waals surface area (Å²) in [5.41, 5.74) is 0.940. The SMILES string of the molecule is CNS(=O)(=O)c1ccc(N2CCN(C(=O)Cc3ccc(Cl)cc3)CC2)nc1. The van der Waals surface area contributed by atoms with Crippen LogP contribution in [0.25, 0.3) is 0 Å². The van der Waals surface area contributed by atoms with E-state index in [1.807, 2.05) is 21.9 Å². The summed E-state index contributed by atoms with van der Waals surface area (Å²) in [4.78, 5) is 20.7. The van der Waals surface area contributed by atoms with Crippen LogP contribution in [0.1, 0.15) is 5.56 Å². The van der Waals surface area contributed by atoms with E-state index >= 15 is 0 Å². The number of benzene rings is 1. The lowest BCUT2D eigenvalue weighted by Gasteiger charge is -2.35. The zero-order valence-electron chi connectivity index (χ0n) is 14.9. The van der Waals surface area contributed by atoms with Gasteiger partial charge in [0.1, 0.15) is 10.7 Å². The number of pyridine rings is 1. The van der Waals surface area contributed by atoms with Gasteiger partial charge in [-0.2, -0.15) is 0 Å². The van der Waals surface area contributed by atoms with E-state index in [0.29, 0.717) is 43.4 Å². The fourth-order valence-electron chi connectivity index (χ4n) is 2.91. The largest absolute Gasteiger partial charge is 0.353 e. The van der Waals surface area contributed by atoms with Crippen LogP contribution in [0, 0.1) is 0 Å². The van der Waals surface area contributed by atoms with E-state index in [-0.39, 0.29) is 10.8 Å². The Morgan fingerprint density at radius 3 is 2.33 bits per heavy atom. The number of carbonyl (C=O) groups excluding carboxylic acids is 1. The third kappa shape index (κ3) is 4.77. The molecule has 0 spiro atoms. The highest BCUT2D eigenvalue weighted by molar-refractivity contribution is 7.89. The third-order valence-corrected chi connectivity index (χ3v) is 6.18. The summed E-state index contributed by atoms with van der Waals surface area (Å²) in [5.74, 6) is 0.787. The summed E-state index contributed by atoms with van der Waals surface area (Å²) < 4.78 is 25.8. The van der Waals surface area contributed by atoms with Crippen LogP contribution in [0.15, 0.2) is 47.5 Å². The van der Waals surface area contributed by atoms with Crippen LogP contribution in [0.4, 0.5) is 5.82 Å². The molecule has 144 valence electrons. The standard InChI is InChI=1S/C18H21ClN4O3S/c1-20-27(25,26)16-6-7-17(21-13-16)22-8-10-23(11-9-22)18(24)12-14-2-4-15(19)5-3-14/h2-7,13,20H,8-12H2,1H3. The second-order valence-electron chi connectivity index (χ2n) is 6.23. The number of nitrogens with one attached hydrogen (secondary N) is 1. The van der Waals surface area contributed by atoms with Crippen molar-refractivity contribution in [3.63, 3.8) is 0 Å². The zero-order valence-corrected chi connectivity index (χ0v) is 16.5. The van der Waals surface area contributed by atoms with Gasteiger partial charge in [-0.15, -0.1) is 0 Å². The second kappa shape index (κ2) is 8.24. The number of piperazine rings is 1. The molecular formula is C18H21ClN4O3S. The van der Waals surface area contributed by atoms with E-state index in [2.05, 4.69) is 9.71 Å². The van der Waals surface area contributed by atoms with Crippen LogP contribution in [0.2, 0.25) is 5.02 Å². The molecule has 1 amide bonds. The summed E-state index contributed by atoms with van der Waals surface area (Å²) >= 11 is 5.87. The van der Waals surface area contributed by atoms with Crippen LogP contribution < -0.4 is 9.62 Å². The Morgan fingerprint density at radius 1 is 1.11 bits per heavy atom. The lowest BCUT2D eigenvalue weighted by molar-refractivity contribution is -0.130. The van der Waals surface area contributed by atoms with E-state index in [1.54, 1.807) is 18.2 Å². The Hall–Kier alpha value is -2.16. The van der Waals surface area contributed by atoms with Crippen molar-refractivity contribution >= 4 is 33.3 Å². The fourth-order valence-corrected chi connectivity index (χ4v) is 3.71. The van der Waals surface area contributed by atoms with Gasteiger partial charge in [0.2, 0.25) is 15.9 Å². The van der Waals surface area contributed by atoms with Gasteiger partial charge < -0.3 is 9.80 Å². The molecular weight excluding hydrogens is 388 g/mol. The Kier molecular flexibility index (Phi) is 5.98. The Bertz CT molecular complexity index is 893. The minimum absolute atomic E-state index is 0.0837. The normalized spacial score (nSPS) is 15.0. The van der Waals surface area contributed by atoms with Crippen molar-refractivity contribution in [1.29, 1.82) is 0 Å². The minimum Gasteiger partial charge on any atom is -0.353 e. The highest BCUT2D eigenvalue weighted by Crippen LogP contribution is 2.17. The summed E-state index contributed by atoms with van der Waals surface area (Å²) in [6.45, 7) is 2.50. The van der Waals surface area contributed by atoms with Gasteiger partial charge in [-0.1, -0.05) is 23.7 Å². The highest BCUT2D eigenvalue weighted by Gasteiger charge is 2.22. The molecule has 0 radical (unpaired) electrons. The van der Waals surface area contributed by atoms with Crippen molar-refractivity contribution in [2.24, 2.45) is 0 Å². The molecule has 0 atom stereocenters. The van der Waals surface area contributed by atoms with Crippen molar-refractivity contribution in [3.8, 4) is 0 Å². The van der Waals surface area contributed by atoms with Gasteiger partial charge in [-0.05, 0) is 36.9 Å². The summed E-state index contributed by atoms with van der Waals surface area (Å²) in [6, 6.07) is 10.5. The molecule has 27 heavy (non-hydrogen) atoms. The van der Waals surface area contributed by atoms with Gasteiger partial charge in [0.25, 0.3) is 0 Å². The molecule has 1 aromatic carbocycles. The molecule has 3 rings (SSSR count). The first-order chi connectivity index (χ1) is 12.9. The number of nitrogens with zero attached hydrogens (tertiary/aromatic N) is 3. The average molecular weight is 409 g/mol. The maximum atomic E-state index is 12.5. The Labute approximate surface area is 164 Å². The monoisotopic (exact) mass is 408 g/mol. The maximum Gasteiger partial charge on any atom is 0.241 e. The number of aromatic nitrogens is 1. The van der Waals surface area contributed by atoms with Gasteiger partial charge in [0, 0.05) is 37.4 Å². The van der Waals surface area contributed by atoms with Gasteiger partial charge >= 0.3 is 0 Å². The molecule has 2 aromatic rings. The van der Waals surface area contributed by atoms with E-state index < -0.39 is 10.0 Å². The number of sulfonamides is 1. The number of amides is 1. The Balaban J connectivity index is 1.57. The zero-order chi connectivity index (χ0) is 19.4. The fraction of sp³-hybridized carbons (Fsp3) is 0.333. The predicted octanol–water partition coefficient (Wildman–Crippen LogP) is 1.53. The summed E-state index contributed by atoms with van der Waals surface area (Å²) in [5, 5.41) is 0.654. The van der Waals surface area contributed by atoms with Crippen molar-refractivity contribution in [2.75, 3.05) is 38.1 Å². The predicted molar refractivity (Wildman–Crippen MR) is 104 cm³/mol. The average Bonchev–Trinajstić information content (AvgIpc) is 2.70. The number of rotatable bonds is 5. The molecule has 7 nitrogen and oxygen atoms in total. The van der Waals surface area contributed by atoms with E-state index in [9.17, 15) is 13.2 Å². The lowest BCUT2D eigenvalue weighted by Crippen LogP contribution is -2.49. The van der Waals surface area contributed by atoms with E-state index in [0.717, 1.165) is 5.56 Å². The minimum atomic E-state index is -3.49. The molecule has 1 saturated heterocycles. The van der Waals surface area contributed by atoms with Gasteiger partial charge in [-0.3, -0.25) is 4.79 Å². The molecule has 9 heteroatoms. The van der Waals surface area contributed by atoms with Crippen LogP contribution in [-0.4, -0.2) is 57.4 Å². The van der Waals surface area contributed by atoms with Gasteiger partial charge in [-0.25, -0.2) is 18.1 Å². The van der Waals surface area contributed by atoms with E-state index in [4.69, 9.17) is 11.6 Å². The van der Waals surface area contributed by atoms with E-state index in [1.165, 1.54) is 19.3 Å². The summed E-state index contributed by atoms with van der Waals surface area (Å²) in [6.07, 6.45) is 1.70. The molecule has 1 aromatic heterocycles. The van der Waals surface area contributed by atoms with Crippen molar-refractivity contribution in [2.45, 2.75) is 11.3 Å². The van der Waals surface area contributed by atoms with Crippen LogP contribution in [0.5, 0.6) is 0 Å². The molecule has 1 fully saturated rings. The number of hydrogen-bond donors (Lipinski definition) is 1. The van der Waals surface area contributed by atoms with Gasteiger partial charge in [0.05, 0.1) is 6.42 Å². The molecule has 2 heterocycles. The number of carbonyl (C=O) groups is 1. The lowest BCUT2D eigenvalue weighted by atomic mass is 10.1. The number of hydrogen-bond acceptors (Lipinski definition) is 5. The van der Waals surface area contributed by atoms with Gasteiger partial charge in [0.15, 0.2) is 0 Å². The first-order valence-corrected chi connectivity index (χ1v) is 10.4. The molecule has 0 aliphatic carbocycles. The van der Waals surface area contributed by atoms with Crippen molar-refractivity contribution < 1.29 is 13.2 Å². The molecule has 1 aliphatic rings. The van der Waals surface area contributed by atoms with Crippen LogP contribution >= 0.6 is 11.6 Å². The molecule has 1 N–H and O–H groups in total. The first kappa shape index (κ1) is 19.6. The molecule has 0 unspecified atom stereocenters. The van der Waals surface area contributed by atoms with Crippen molar-refractivity contribution in [3.05, 3.63) is 53.2 Å². The van der Waals surface area contributed by atoms with Crippen LogP contribution in [-0.2, 0) is 21.2 Å². The third-order valence-electron chi connectivity index (χ3n) is 4.52. The quantitative estimate of drug-likeness (QED) is 0.811. The molecule has 0 bridgehead atoms. The number of halogens is 1. The van der Waals surface area contributed by atoms with Crippen molar-refractivity contribution in [1.82, 2.24) is 14.6 Å². The first-order valence-electron chi connectivity index (χ1n) is 8.56. The smallest absolute Gasteiger partial charge is 0.241 e. The second-order valence-corrected chi connectivity index (χ2v) is 8.55. The molecule has 0 saturated carbocycles. The number of anilines is 1. The summed E-state index contributed by atoms with van der Waals surface area (Å²) in [7, 11) is -2.13. The maximum absolute atomic E-state index is 12.5. The molecule has 1 aliphatic heterocycles. The Morgan fingerprint density at radius 2 is 1.78 bits per heavy atom. The van der Waals surface area contributed by atoms with Crippen LogP contribution in [0.3, 0.4) is 0 Å². The highest BCUT2D eigenvalue weighted by atomic mass is 35.5. The topological polar surface area (TPSA) is 82.6 Å².